The molecule has 0 saturated heterocycles. The highest BCUT2D eigenvalue weighted by Crippen LogP contribution is 2.35. The van der Waals surface area contributed by atoms with Gasteiger partial charge in [-0.3, -0.25) is 0 Å². The van der Waals surface area contributed by atoms with Crippen LogP contribution >= 0.6 is 15.9 Å². The number of alkyl halides is 3. The van der Waals surface area contributed by atoms with E-state index in [0.717, 1.165) is 24.6 Å². The molecule has 0 aliphatic carbocycles. The van der Waals surface area contributed by atoms with Crippen LogP contribution in [0.4, 0.5) is 13.2 Å². The van der Waals surface area contributed by atoms with E-state index in [9.17, 15) is 13.2 Å². The van der Waals surface area contributed by atoms with Crippen molar-refractivity contribution in [1.82, 2.24) is 15.0 Å². The molecule has 0 radical (unpaired) electrons. The molecule has 0 atom stereocenters. The average Bonchev–Trinajstić information content (AvgIpc) is 2.87. The summed E-state index contributed by atoms with van der Waals surface area (Å²) in [6, 6.07) is 3.95. The fourth-order valence-corrected chi connectivity index (χ4v) is 2.33. The van der Waals surface area contributed by atoms with Crippen LogP contribution < -0.4 is 5.73 Å². The fraction of sp³-hybridized carbons (Fsp3) is 0.385. The van der Waals surface area contributed by atoms with Crippen molar-refractivity contribution in [2.45, 2.75) is 25.4 Å². The van der Waals surface area contributed by atoms with Gasteiger partial charge in [0.1, 0.15) is 0 Å². The molecule has 1 aromatic heterocycles. The highest BCUT2D eigenvalue weighted by atomic mass is 79.9. The van der Waals surface area contributed by atoms with E-state index in [0.29, 0.717) is 18.7 Å². The second kappa shape index (κ2) is 6.57. The summed E-state index contributed by atoms with van der Waals surface area (Å²) in [5.74, 6) is 0. The Labute approximate surface area is 128 Å². The summed E-state index contributed by atoms with van der Waals surface area (Å²) >= 11 is 2.91. The summed E-state index contributed by atoms with van der Waals surface area (Å²) in [5, 5.41) is 7.83. The molecule has 1 heterocycles. The predicted octanol–water partition coefficient (Wildman–Crippen LogP) is 3.33. The molecule has 0 fully saturated rings. The van der Waals surface area contributed by atoms with Crippen LogP contribution in [0.15, 0.2) is 28.9 Å². The summed E-state index contributed by atoms with van der Waals surface area (Å²) in [6.07, 6.45) is -0.314. The number of aromatic nitrogens is 3. The molecule has 2 N–H and O–H groups in total. The molecular formula is C13H14BrF3N4. The van der Waals surface area contributed by atoms with E-state index in [1.807, 2.05) is 0 Å². The summed E-state index contributed by atoms with van der Waals surface area (Å²) in [4.78, 5) is 0. The van der Waals surface area contributed by atoms with Gasteiger partial charge in [-0.15, -0.1) is 5.10 Å². The zero-order valence-electron chi connectivity index (χ0n) is 11.1. The number of aryl methyl sites for hydroxylation is 1. The molecule has 0 bridgehead atoms. The molecule has 2 aromatic rings. The van der Waals surface area contributed by atoms with Gasteiger partial charge in [-0.05, 0) is 44.0 Å². The Kier molecular flexibility index (Phi) is 5.00. The molecule has 114 valence electrons. The maximum Gasteiger partial charge on any atom is 0.417 e. The zero-order chi connectivity index (χ0) is 15.5. The van der Waals surface area contributed by atoms with Gasteiger partial charge < -0.3 is 5.73 Å². The van der Waals surface area contributed by atoms with Crippen molar-refractivity contribution >= 4 is 15.9 Å². The third-order valence-electron chi connectivity index (χ3n) is 2.95. The molecule has 0 aliphatic rings. The highest BCUT2D eigenvalue weighted by Gasteiger charge is 2.33. The van der Waals surface area contributed by atoms with Gasteiger partial charge in [0.2, 0.25) is 0 Å². The van der Waals surface area contributed by atoms with Crippen LogP contribution in [0.3, 0.4) is 0 Å². The lowest BCUT2D eigenvalue weighted by molar-refractivity contribution is -0.138. The van der Waals surface area contributed by atoms with Gasteiger partial charge in [-0.1, -0.05) is 21.1 Å². The van der Waals surface area contributed by atoms with Crippen molar-refractivity contribution in [1.29, 1.82) is 0 Å². The summed E-state index contributed by atoms with van der Waals surface area (Å²) in [7, 11) is 0. The smallest absolute Gasteiger partial charge is 0.330 e. The number of hydrogen-bond donors (Lipinski definition) is 1. The third kappa shape index (κ3) is 4.04. The summed E-state index contributed by atoms with van der Waals surface area (Å²) in [5.41, 5.74) is 5.73. The van der Waals surface area contributed by atoms with E-state index < -0.39 is 11.7 Å². The monoisotopic (exact) mass is 362 g/mol. The van der Waals surface area contributed by atoms with Crippen molar-refractivity contribution < 1.29 is 13.2 Å². The van der Waals surface area contributed by atoms with Crippen molar-refractivity contribution in [3.8, 4) is 5.69 Å². The third-order valence-corrected chi connectivity index (χ3v) is 3.64. The molecule has 0 saturated carbocycles. The number of hydrogen-bond acceptors (Lipinski definition) is 3. The summed E-state index contributed by atoms with van der Waals surface area (Å²) in [6.45, 7) is 0.607. The maximum atomic E-state index is 12.9. The highest BCUT2D eigenvalue weighted by molar-refractivity contribution is 9.10. The van der Waals surface area contributed by atoms with E-state index >= 15 is 0 Å². The Morgan fingerprint density at radius 1 is 1.24 bits per heavy atom. The first-order valence-electron chi connectivity index (χ1n) is 6.40. The molecular weight excluding hydrogens is 349 g/mol. The molecule has 0 spiro atoms. The Hall–Kier alpha value is -1.41. The number of halogens is 4. The van der Waals surface area contributed by atoms with Crippen molar-refractivity contribution in [2.75, 3.05) is 6.54 Å². The lowest BCUT2D eigenvalue weighted by atomic mass is 10.2. The largest absolute Gasteiger partial charge is 0.417 e. The number of nitrogens with zero attached hydrogens (tertiary/aromatic N) is 3. The van der Waals surface area contributed by atoms with E-state index in [1.165, 1.54) is 10.7 Å². The average molecular weight is 363 g/mol. The normalized spacial score (nSPS) is 11.9. The number of unbranched alkanes of at least 4 members (excludes halogenated alkanes) is 1. The van der Waals surface area contributed by atoms with E-state index in [4.69, 9.17) is 5.73 Å². The first-order valence-corrected chi connectivity index (χ1v) is 7.19. The molecule has 8 heteroatoms. The zero-order valence-corrected chi connectivity index (χ0v) is 12.7. The maximum absolute atomic E-state index is 12.9. The molecule has 1 aromatic carbocycles. The molecule has 0 amide bonds. The van der Waals surface area contributed by atoms with Crippen LogP contribution in [-0.2, 0) is 12.6 Å². The van der Waals surface area contributed by atoms with Gasteiger partial charge >= 0.3 is 6.18 Å². The topological polar surface area (TPSA) is 56.7 Å². The first-order chi connectivity index (χ1) is 9.91. The van der Waals surface area contributed by atoms with Crippen LogP contribution in [0.1, 0.15) is 24.1 Å². The van der Waals surface area contributed by atoms with Gasteiger partial charge in [0.15, 0.2) is 0 Å². The van der Waals surface area contributed by atoms with Crippen LogP contribution in [-0.4, -0.2) is 21.5 Å². The fourth-order valence-electron chi connectivity index (χ4n) is 1.86. The van der Waals surface area contributed by atoms with E-state index in [1.54, 1.807) is 12.3 Å². The Bertz CT molecular complexity index is 610. The Balaban J connectivity index is 2.22. The summed E-state index contributed by atoms with van der Waals surface area (Å²) < 4.78 is 40.0. The molecule has 0 aliphatic heterocycles. The standard InChI is InChI=1S/C13H14BrF3N4/c14-12-5-4-10(7-11(12)13(15,16)17)21-8-9(19-20-21)3-1-2-6-18/h4-5,7-8H,1-3,6,18H2. The van der Waals surface area contributed by atoms with Gasteiger partial charge in [-0.2, -0.15) is 13.2 Å². The molecule has 2 rings (SSSR count). The van der Waals surface area contributed by atoms with Crippen molar-refractivity contribution in [2.24, 2.45) is 5.73 Å². The minimum atomic E-state index is -4.42. The van der Waals surface area contributed by atoms with Gasteiger partial charge in [0.25, 0.3) is 0 Å². The van der Waals surface area contributed by atoms with Crippen LogP contribution in [0.5, 0.6) is 0 Å². The van der Waals surface area contributed by atoms with Gasteiger partial charge in [0.05, 0.1) is 23.1 Å². The predicted molar refractivity (Wildman–Crippen MR) is 76.1 cm³/mol. The SMILES string of the molecule is NCCCCc1cn(-c2ccc(Br)c(C(F)(F)F)c2)nn1. The molecule has 21 heavy (non-hydrogen) atoms. The number of nitrogens with two attached hydrogens (primary N) is 1. The minimum absolute atomic E-state index is 0.00188. The van der Waals surface area contributed by atoms with Gasteiger partial charge in [-0.25, -0.2) is 4.68 Å². The lowest BCUT2D eigenvalue weighted by Crippen LogP contribution is -2.07. The van der Waals surface area contributed by atoms with E-state index in [-0.39, 0.29) is 4.47 Å². The van der Waals surface area contributed by atoms with Crippen LogP contribution in [0.25, 0.3) is 5.69 Å². The minimum Gasteiger partial charge on any atom is -0.330 e. The first kappa shape index (κ1) is 16.0. The second-order valence-corrected chi connectivity index (χ2v) is 5.42. The molecule has 4 nitrogen and oxygen atoms in total. The lowest BCUT2D eigenvalue weighted by Gasteiger charge is -2.10. The Morgan fingerprint density at radius 2 is 2.00 bits per heavy atom. The molecule has 0 unspecified atom stereocenters. The van der Waals surface area contributed by atoms with Crippen molar-refractivity contribution in [3.05, 3.63) is 40.1 Å². The van der Waals surface area contributed by atoms with Crippen molar-refractivity contribution in [3.63, 3.8) is 0 Å². The second-order valence-electron chi connectivity index (χ2n) is 4.56. The van der Waals surface area contributed by atoms with Crippen LogP contribution in [0, 0.1) is 0 Å². The Morgan fingerprint density at radius 3 is 2.67 bits per heavy atom. The number of rotatable bonds is 5. The van der Waals surface area contributed by atoms with Gasteiger partial charge in [0, 0.05) is 4.47 Å². The van der Waals surface area contributed by atoms with Crippen LogP contribution in [0.2, 0.25) is 0 Å². The quantitative estimate of drug-likeness (QED) is 0.830. The van der Waals surface area contributed by atoms with E-state index in [2.05, 4.69) is 26.2 Å². The number of benzene rings is 1.